The van der Waals surface area contributed by atoms with Crippen LogP contribution < -0.4 is 4.74 Å². The van der Waals surface area contributed by atoms with Crippen LogP contribution in [0.1, 0.15) is 11.1 Å². The van der Waals surface area contributed by atoms with E-state index in [1.54, 1.807) is 7.11 Å². The van der Waals surface area contributed by atoms with Crippen LogP contribution in [0.4, 0.5) is 0 Å². The Hall–Kier alpha value is -2.26. The van der Waals surface area contributed by atoms with Crippen molar-refractivity contribution in [2.75, 3.05) is 7.11 Å². The molecule has 1 aromatic heterocycles. The van der Waals surface area contributed by atoms with E-state index in [2.05, 4.69) is 35.0 Å². The molecule has 0 amide bonds. The van der Waals surface area contributed by atoms with Gasteiger partial charge >= 0.3 is 0 Å². The summed E-state index contributed by atoms with van der Waals surface area (Å²) in [6.45, 7) is 0.895. The van der Waals surface area contributed by atoms with Crippen molar-refractivity contribution in [1.82, 2.24) is 4.57 Å². The van der Waals surface area contributed by atoms with E-state index in [9.17, 15) is 0 Å². The van der Waals surface area contributed by atoms with Crippen molar-refractivity contribution < 1.29 is 9.84 Å². The average molecular weight is 267 g/mol. The molecule has 0 aliphatic carbocycles. The summed E-state index contributed by atoms with van der Waals surface area (Å²) in [6, 6.07) is 16.2. The summed E-state index contributed by atoms with van der Waals surface area (Å²) in [4.78, 5) is 0. The predicted octanol–water partition coefficient (Wildman–Crippen LogP) is 3.19. The number of benzene rings is 2. The van der Waals surface area contributed by atoms with Gasteiger partial charge in [0.2, 0.25) is 0 Å². The Kier molecular flexibility index (Phi) is 3.44. The Bertz CT molecular complexity index is 713. The van der Waals surface area contributed by atoms with E-state index in [-0.39, 0.29) is 6.61 Å². The minimum atomic E-state index is 0.0872. The number of ether oxygens (including phenoxy) is 1. The Morgan fingerprint density at radius 3 is 2.45 bits per heavy atom. The van der Waals surface area contributed by atoms with Gasteiger partial charge in [0, 0.05) is 18.1 Å². The third-order valence-corrected chi connectivity index (χ3v) is 3.55. The molecule has 0 fully saturated rings. The Morgan fingerprint density at radius 1 is 1.00 bits per heavy atom. The maximum atomic E-state index is 9.07. The van der Waals surface area contributed by atoms with Gasteiger partial charge in [-0.15, -0.1) is 0 Å². The van der Waals surface area contributed by atoms with Gasteiger partial charge in [-0.2, -0.15) is 0 Å². The highest BCUT2D eigenvalue weighted by atomic mass is 16.5. The number of methoxy groups -OCH3 is 1. The van der Waals surface area contributed by atoms with E-state index in [1.165, 1.54) is 5.56 Å². The van der Waals surface area contributed by atoms with Crippen molar-refractivity contribution in [2.45, 2.75) is 13.2 Å². The highest BCUT2D eigenvalue weighted by Gasteiger charge is 2.06. The third-order valence-electron chi connectivity index (χ3n) is 3.55. The first-order valence-electron chi connectivity index (χ1n) is 6.62. The van der Waals surface area contributed by atoms with Crippen molar-refractivity contribution >= 4 is 10.9 Å². The molecule has 20 heavy (non-hydrogen) atoms. The molecule has 2 aromatic carbocycles. The van der Waals surface area contributed by atoms with Crippen molar-refractivity contribution in [3.8, 4) is 5.75 Å². The number of aromatic nitrogens is 1. The zero-order chi connectivity index (χ0) is 13.9. The Morgan fingerprint density at radius 2 is 1.75 bits per heavy atom. The lowest BCUT2D eigenvalue weighted by molar-refractivity contribution is 0.282. The number of nitrogens with zero attached hydrogens (tertiary/aromatic N) is 1. The molecule has 0 aliphatic rings. The van der Waals surface area contributed by atoms with Crippen LogP contribution in [-0.2, 0) is 13.2 Å². The molecule has 0 radical (unpaired) electrons. The number of aliphatic hydroxyl groups is 1. The summed E-state index contributed by atoms with van der Waals surface area (Å²) in [5, 5.41) is 10.2. The van der Waals surface area contributed by atoms with E-state index >= 15 is 0 Å². The van der Waals surface area contributed by atoms with E-state index in [4.69, 9.17) is 9.84 Å². The van der Waals surface area contributed by atoms with Crippen LogP contribution in [0.2, 0.25) is 0 Å². The fraction of sp³-hybridized carbons (Fsp3) is 0.176. The van der Waals surface area contributed by atoms with Crippen molar-refractivity contribution in [3.63, 3.8) is 0 Å². The van der Waals surface area contributed by atoms with Gasteiger partial charge < -0.3 is 14.4 Å². The topological polar surface area (TPSA) is 34.4 Å². The minimum absolute atomic E-state index is 0.0872. The molecule has 1 heterocycles. The fourth-order valence-electron chi connectivity index (χ4n) is 2.46. The minimum Gasteiger partial charge on any atom is -0.496 e. The van der Waals surface area contributed by atoms with Crippen LogP contribution in [0.3, 0.4) is 0 Å². The quantitative estimate of drug-likeness (QED) is 0.787. The maximum absolute atomic E-state index is 9.07. The first kappa shape index (κ1) is 12.8. The first-order valence-corrected chi connectivity index (χ1v) is 6.62. The van der Waals surface area contributed by atoms with Crippen LogP contribution in [0, 0.1) is 0 Å². The van der Waals surface area contributed by atoms with Gasteiger partial charge in [-0.1, -0.05) is 30.3 Å². The number of fused-ring (bicyclic) bond motifs is 1. The van der Waals surface area contributed by atoms with Crippen LogP contribution in [0.5, 0.6) is 5.75 Å². The molecular weight excluding hydrogens is 250 g/mol. The number of hydrogen-bond acceptors (Lipinski definition) is 2. The highest BCUT2D eigenvalue weighted by molar-refractivity contribution is 5.86. The van der Waals surface area contributed by atoms with E-state index in [1.807, 2.05) is 24.3 Å². The first-order chi connectivity index (χ1) is 9.81. The molecular formula is C17H17NO2. The monoisotopic (exact) mass is 267 g/mol. The Balaban J connectivity index is 1.94. The zero-order valence-corrected chi connectivity index (χ0v) is 11.4. The highest BCUT2D eigenvalue weighted by Crippen LogP contribution is 2.26. The molecule has 0 aliphatic heterocycles. The fourth-order valence-corrected chi connectivity index (χ4v) is 2.46. The zero-order valence-electron chi connectivity index (χ0n) is 11.4. The summed E-state index contributed by atoms with van der Waals surface area (Å²) in [6.07, 6.45) is 2.08. The molecule has 3 aromatic rings. The predicted molar refractivity (Wildman–Crippen MR) is 80.0 cm³/mol. The van der Waals surface area contributed by atoms with Crippen molar-refractivity contribution in [1.29, 1.82) is 0 Å². The summed E-state index contributed by atoms with van der Waals surface area (Å²) >= 11 is 0. The third kappa shape index (κ3) is 2.28. The molecule has 3 nitrogen and oxygen atoms in total. The second-order valence-electron chi connectivity index (χ2n) is 4.81. The van der Waals surface area contributed by atoms with Gasteiger partial charge in [0.25, 0.3) is 0 Å². The lowest BCUT2D eigenvalue weighted by atomic mass is 10.1. The molecule has 0 saturated carbocycles. The van der Waals surface area contributed by atoms with E-state index in [0.717, 1.165) is 28.8 Å². The van der Waals surface area contributed by atoms with Gasteiger partial charge in [-0.05, 0) is 29.3 Å². The van der Waals surface area contributed by atoms with Crippen LogP contribution in [0.15, 0.2) is 54.7 Å². The second kappa shape index (κ2) is 5.39. The number of hydrogen-bond donors (Lipinski definition) is 1. The molecule has 0 saturated heterocycles. The molecule has 3 heteroatoms. The molecule has 0 spiro atoms. The SMILES string of the molecule is COc1cccc2c1ccn2Cc1ccc(CO)cc1. The normalized spacial score (nSPS) is 10.9. The Labute approximate surface area is 118 Å². The summed E-state index contributed by atoms with van der Waals surface area (Å²) < 4.78 is 7.58. The van der Waals surface area contributed by atoms with Crippen LogP contribution in [0.25, 0.3) is 10.9 Å². The summed E-state index contributed by atoms with van der Waals surface area (Å²) in [5.74, 6) is 0.900. The van der Waals surface area contributed by atoms with Crippen LogP contribution >= 0.6 is 0 Å². The van der Waals surface area contributed by atoms with Gasteiger partial charge in [0.05, 0.1) is 19.2 Å². The largest absolute Gasteiger partial charge is 0.496 e. The maximum Gasteiger partial charge on any atom is 0.128 e. The average Bonchev–Trinajstić information content (AvgIpc) is 2.91. The number of aliphatic hydroxyl groups excluding tert-OH is 1. The molecule has 0 unspecified atom stereocenters. The number of rotatable bonds is 4. The van der Waals surface area contributed by atoms with Crippen molar-refractivity contribution in [3.05, 3.63) is 65.9 Å². The summed E-state index contributed by atoms with van der Waals surface area (Å²) in [7, 11) is 1.69. The van der Waals surface area contributed by atoms with Crippen LogP contribution in [-0.4, -0.2) is 16.8 Å². The van der Waals surface area contributed by atoms with Gasteiger partial charge in [-0.25, -0.2) is 0 Å². The lowest BCUT2D eigenvalue weighted by Gasteiger charge is -2.07. The molecule has 0 atom stereocenters. The van der Waals surface area contributed by atoms with E-state index < -0.39 is 0 Å². The van der Waals surface area contributed by atoms with Gasteiger partial charge in [-0.3, -0.25) is 0 Å². The van der Waals surface area contributed by atoms with Crippen molar-refractivity contribution in [2.24, 2.45) is 0 Å². The van der Waals surface area contributed by atoms with Gasteiger partial charge in [0.15, 0.2) is 0 Å². The summed E-state index contributed by atoms with van der Waals surface area (Å²) in [5.41, 5.74) is 3.31. The smallest absolute Gasteiger partial charge is 0.128 e. The molecule has 102 valence electrons. The van der Waals surface area contributed by atoms with Gasteiger partial charge in [0.1, 0.15) is 5.75 Å². The van der Waals surface area contributed by atoms with E-state index in [0.29, 0.717) is 0 Å². The molecule has 3 rings (SSSR count). The standard InChI is InChI=1S/C17H17NO2/c1-20-17-4-2-3-16-15(17)9-10-18(16)11-13-5-7-14(12-19)8-6-13/h2-10,19H,11-12H2,1H3. The lowest BCUT2D eigenvalue weighted by Crippen LogP contribution is -1.98. The molecule has 0 bridgehead atoms. The molecule has 1 N–H and O–H groups in total. The second-order valence-corrected chi connectivity index (χ2v) is 4.81.